The van der Waals surface area contributed by atoms with Crippen molar-refractivity contribution < 1.29 is 57.2 Å². The Bertz CT molecular complexity index is 3550. The van der Waals surface area contributed by atoms with Crippen molar-refractivity contribution in [3.8, 4) is 0 Å². The number of ether oxygens (including phenoxy) is 6. The van der Waals surface area contributed by atoms with Gasteiger partial charge in [-0.25, -0.2) is 14.4 Å². The Morgan fingerprint density at radius 3 is 0.800 bits per heavy atom. The number of benzene rings is 9. The van der Waals surface area contributed by atoms with Crippen LogP contribution in [0.25, 0.3) is 0 Å². The van der Waals surface area contributed by atoms with Crippen LogP contribution in [0.5, 0.6) is 0 Å². The lowest BCUT2D eigenvalue weighted by Gasteiger charge is -2.14. The van der Waals surface area contributed by atoms with Crippen LogP contribution in [0.2, 0.25) is 0 Å². The van der Waals surface area contributed by atoms with Crippen molar-refractivity contribution in [1.29, 1.82) is 0 Å². The number of rotatable bonds is 24. The van der Waals surface area contributed by atoms with Gasteiger partial charge in [-0.3, -0.25) is 14.4 Å². The molecule has 0 aliphatic carbocycles. The topological polar surface area (TPSA) is 158 Å². The van der Waals surface area contributed by atoms with Gasteiger partial charge >= 0.3 is 35.8 Å². The molecule has 9 rings (SSSR count). The largest absolute Gasteiger partial charge is 0.461 e. The zero-order chi connectivity index (χ0) is 64.1. The van der Waals surface area contributed by atoms with Crippen LogP contribution in [-0.4, -0.2) is 89.9 Å². The van der Waals surface area contributed by atoms with E-state index in [1.807, 2.05) is 146 Å². The summed E-state index contributed by atoms with van der Waals surface area (Å²) < 4.78 is 29.8. The van der Waals surface area contributed by atoms with Crippen molar-refractivity contribution in [3.05, 3.63) is 271 Å². The number of hydrogen-bond donors (Lipinski definition) is 0. The molecule has 0 N–H and O–H groups in total. The van der Waals surface area contributed by atoms with Crippen molar-refractivity contribution >= 4 is 116 Å². The second kappa shape index (κ2) is 36.8. The quantitative estimate of drug-likeness (QED) is 0.0186. The molecule has 0 aliphatic rings. The molecule has 0 spiro atoms. The molecule has 462 valence electrons. The molecule has 12 nitrogen and oxygen atoms in total. The summed E-state index contributed by atoms with van der Waals surface area (Å²) in [6.07, 6.45) is 0. The van der Waals surface area contributed by atoms with E-state index < -0.39 is 28.2 Å². The number of carbonyl (C=O) groups is 6. The fourth-order valence-electron chi connectivity index (χ4n) is 8.16. The van der Waals surface area contributed by atoms with Gasteiger partial charge in [0.2, 0.25) is 0 Å². The van der Waals surface area contributed by atoms with Crippen LogP contribution in [-0.2, 0) is 75.5 Å². The summed E-state index contributed by atoms with van der Waals surface area (Å²) in [6, 6.07) is 84.3. The van der Waals surface area contributed by atoms with E-state index in [0.717, 1.165) is 14.7 Å². The Morgan fingerprint density at radius 1 is 0.344 bits per heavy atom. The molecule has 18 heteroatoms. The van der Waals surface area contributed by atoms with Crippen molar-refractivity contribution in [2.45, 2.75) is 74.0 Å². The molecular formula is C72H66Br3O12S3+3. The minimum absolute atomic E-state index is 0.00775. The first-order chi connectivity index (χ1) is 43.6. The number of hydrogen-bond acceptors (Lipinski definition) is 12. The predicted molar refractivity (Wildman–Crippen MR) is 363 cm³/mol. The Morgan fingerprint density at radius 2 is 0.567 bits per heavy atom. The van der Waals surface area contributed by atoms with Crippen molar-refractivity contribution in [3.63, 3.8) is 0 Å². The van der Waals surface area contributed by atoms with Crippen LogP contribution >= 0.6 is 47.8 Å². The van der Waals surface area contributed by atoms with Crippen LogP contribution in [0.4, 0.5) is 0 Å². The molecule has 0 fully saturated rings. The molecule has 0 aromatic heterocycles. The van der Waals surface area contributed by atoms with Gasteiger partial charge in [-0.1, -0.05) is 157 Å². The molecule has 9 aromatic carbocycles. The van der Waals surface area contributed by atoms with Gasteiger partial charge in [-0.2, -0.15) is 0 Å². The average molecular weight is 1460 g/mol. The SMILES string of the molecule is CC(Br)C(=O)OCCOC(=O)c1ccc([S+](c2ccccc2)c2ccccc2)cc1.CC(C)(Br)C(=O)OCCOC(=O)c1ccc([S+](c2ccccc2)c2ccccc2)cc1.O=C(CBr)OCCOC(=O)c1ccc([S+](c2ccccc2)c2ccccc2)cc1. The number of carbonyl (C=O) groups excluding carboxylic acids is 6. The van der Waals surface area contributed by atoms with Crippen molar-refractivity contribution in [2.75, 3.05) is 45.0 Å². The Balaban J connectivity index is 0.000000192. The van der Waals surface area contributed by atoms with E-state index >= 15 is 0 Å². The first-order valence-electron chi connectivity index (χ1n) is 28.3. The minimum atomic E-state index is -0.762. The van der Waals surface area contributed by atoms with Crippen LogP contribution in [0.1, 0.15) is 51.8 Å². The highest BCUT2D eigenvalue weighted by Crippen LogP contribution is 2.34. The highest BCUT2D eigenvalue weighted by molar-refractivity contribution is 9.10. The third-order valence-electron chi connectivity index (χ3n) is 12.5. The van der Waals surface area contributed by atoms with E-state index in [-0.39, 0.29) is 94.4 Å². The van der Waals surface area contributed by atoms with Crippen molar-refractivity contribution in [1.82, 2.24) is 0 Å². The maximum atomic E-state index is 12.3. The minimum Gasteiger partial charge on any atom is -0.461 e. The number of alkyl halides is 3. The molecule has 90 heavy (non-hydrogen) atoms. The lowest BCUT2D eigenvalue weighted by Crippen LogP contribution is -2.28. The zero-order valence-corrected chi connectivity index (χ0v) is 56.7. The second-order valence-electron chi connectivity index (χ2n) is 19.5. The van der Waals surface area contributed by atoms with Crippen LogP contribution in [0.3, 0.4) is 0 Å². The maximum absolute atomic E-state index is 12.3. The molecule has 0 aliphatic heterocycles. The number of esters is 6. The molecule has 0 saturated heterocycles. The monoisotopic (exact) mass is 1460 g/mol. The maximum Gasteiger partial charge on any atom is 0.338 e. The van der Waals surface area contributed by atoms with E-state index in [4.69, 9.17) is 28.4 Å². The summed E-state index contributed by atoms with van der Waals surface area (Å²) in [4.78, 5) is 81.2. The van der Waals surface area contributed by atoms with E-state index in [0.29, 0.717) is 16.7 Å². The van der Waals surface area contributed by atoms with E-state index in [2.05, 4.69) is 121 Å². The van der Waals surface area contributed by atoms with E-state index in [9.17, 15) is 28.8 Å². The summed E-state index contributed by atoms with van der Waals surface area (Å²) in [5.41, 5.74) is 1.38. The molecule has 0 heterocycles. The molecule has 0 bridgehead atoms. The summed E-state index contributed by atoms with van der Waals surface area (Å²) >= 11 is 9.36. The zero-order valence-electron chi connectivity index (χ0n) is 49.5. The summed E-state index contributed by atoms with van der Waals surface area (Å²) in [7, 11) is -0.801. The molecule has 1 unspecified atom stereocenters. The van der Waals surface area contributed by atoms with Crippen LogP contribution < -0.4 is 0 Å². The van der Waals surface area contributed by atoms with Gasteiger partial charge in [-0.05, 0) is 166 Å². The molecule has 0 radical (unpaired) electrons. The molecule has 0 amide bonds. The summed E-state index contributed by atoms with van der Waals surface area (Å²) in [6.45, 7) is 5.21. The smallest absolute Gasteiger partial charge is 0.338 e. The lowest BCUT2D eigenvalue weighted by atomic mass is 10.2. The van der Waals surface area contributed by atoms with Gasteiger partial charge in [0.25, 0.3) is 0 Å². The van der Waals surface area contributed by atoms with Crippen LogP contribution in [0, 0.1) is 0 Å². The molecular weight excluding hydrogens is 1390 g/mol. The first kappa shape index (κ1) is 69.8. The predicted octanol–water partition coefficient (Wildman–Crippen LogP) is 15.8. The van der Waals surface area contributed by atoms with E-state index in [1.54, 1.807) is 57.2 Å². The molecule has 9 aromatic rings. The molecule has 0 saturated carbocycles. The fraction of sp³-hybridized carbons (Fsp3) is 0.167. The van der Waals surface area contributed by atoms with Gasteiger partial charge in [0.05, 0.1) is 49.4 Å². The molecule has 1 atom stereocenters. The van der Waals surface area contributed by atoms with Gasteiger partial charge in [0.1, 0.15) is 54.1 Å². The van der Waals surface area contributed by atoms with Gasteiger partial charge in [0, 0.05) is 0 Å². The van der Waals surface area contributed by atoms with Gasteiger partial charge in [0.15, 0.2) is 44.1 Å². The Kier molecular flexibility index (Phi) is 28.5. The van der Waals surface area contributed by atoms with Crippen LogP contribution in [0.15, 0.2) is 299 Å². The summed E-state index contributed by atoms with van der Waals surface area (Å²) in [5, 5.41) is 0.118. The summed E-state index contributed by atoms with van der Waals surface area (Å²) in [5.74, 6) is -2.50. The highest BCUT2D eigenvalue weighted by Gasteiger charge is 2.32. The average Bonchev–Trinajstić information content (AvgIpc) is 1.06. The Hall–Kier alpha value is -7.71. The van der Waals surface area contributed by atoms with Gasteiger partial charge in [-0.15, -0.1) is 0 Å². The third-order valence-corrected chi connectivity index (χ3v) is 20.3. The van der Waals surface area contributed by atoms with Gasteiger partial charge < -0.3 is 28.4 Å². The van der Waals surface area contributed by atoms with Crippen molar-refractivity contribution in [2.24, 2.45) is 0 Å². The fourth-order valence-corrected chi connectivity index (χ4v) is 14.8. The lowest BCUT2D eigenvalue weighted by molar-refractivity contribution is -0.146. The third kappa shape index (κ3) is 22.1. The number of halogens is 3. The van der Waals surface area contributed by atoms with E-state index in [1.165, 1.54) is 29.4 Å². The Labute approximate surface area is 559 Å². The standard InChI is InChI=1S/C25H24BrO4S.C24H22BrO4S.C23H20BrO4S/c1-25(2,26)24(28)30-18-17-29-23(27)19-13-15-22(16-14-19)31(20-9-5-3-6-10-20)21-11-7-4-8-12-21;1-18(25)23(26)28-16-17-29-24(27)19-12-14-22(15-13-19)30(20-8-4-2-5-9-20)21-10-6-3-7-11-21;24-17-22(25)27-15-16-28-23(26)18-11-13-21(14-12-18)29(19-7-3-1-4-8-19)20-9-5-2-6-10-20/h3-16H,17-18H2,1-2H3;2-15,18H,16-17H2,1H3;1-14H,15-17H2/q3*+1. The highest BCUT2D eigenvalue weighted by atomic mass is 79.9. The first-order valence-corrected chi connectivity index (χ1v) is 34.8. The normalized spacial score (nSPS) is 11.2. The second-order valence-corrected chi connectivity index (χ2v) is 29.5.